The second kappa shape index (κ2) is 8.05. The maximum absolute atomic E-state index is 12.6. The van der Waals surface area contributed by atoms with E-state index >= 15 is 0 Å². The largest absolute Gasteiger partial charge is 0.492 e. The van der Waals surface area contributed by atoms with Gasteiger partial charge in [-0.3, -0.25) is 14.9 Å². The first-order chi connectivity index (χ1) is 12.2. The highest BCUT2D eigenvalue weighted by Gasteiger charge is 2.30. The molecule has 138 valence electrons. The molecule has 1 N–H and O–H groups in total. The number of nitrogens with zero attached hydrogens (tertiary/aromatic N) is 1. The van der Waals surface area contributed by atoms with Crippen molar-refractivity contribution in [2.75, 3.05) is 13.2 Å². The maximum atomic E-state index is 12.6. The quantitative estimate of drug-likeness (QED) is 0.459. The van der Waals surface area contributed by atoms with Gasteiger partial charge in [-0.2, -0.15) is 13.2 Å². The molecule has 2 rings (SSSR count). The van der Waals surface area contributed by atoms with E-state index < -0.39 is 28.3 Å². The summed E-state index contributed by atoms with van der Waals surface area (Å²) in [5.74, 6) is -0.589. The SMILES string of the molecule is O=C(NCCOc1cccc(C(F)(F)F)c1)c1ccc(Cl)c([N+](=O)[O-])c1. The minimum absolute atomic E-state index is 0.00843. The summed E-state index contributed by atoms with van der Waals surface area (Å²) in [5, 5.41) is 13.2. The first-order valence-electron chi connectivity index (χ1n) is 7.20. The Kier molecular flexibility index (Phi) is 6.04. The highest BCUT2D eigenvalue weighted by molar-refractivity contribution is 6.32. The molecule has 2 aromatic rings. The Labute approximate surface area is 150 Å². The molecule has 0 unspecified atom stereocenters. The van der Waals surface area contributed by atoms with Crippen molar-refractivity contribution in [2.24, 2.45) is 0 Å². The zero-order valence-electron chi connectivity index (χ0n) is 13.0. The normalized spacial score (nSPS) is 11.1. The van der Waals surface area contributed by atoms with Crippen LogP contribution in [0.4, 0.5) is 18.9 Å². The predicted octanol–water partition coefficient (Wildman–Crippen LogP) is 4.08. The van der Waals surface area contributed by atoms with Gasteiger partial charge in [0.2, 0.25) is 0 Å². The molecule has 0 aliphatic heterocycles. The minimum atomic E-state index is -4.48. The van der Waals surface area contributed by atoms with Gasteiger partial charge in [0.15, 0.2) is 0 Å². The number of amides is 1. The highest BCUT2D eigenvalue weighted by atomic mass is 35.5. The van der Waals surface area contributed by atoms with Gasteiger partial charge in [-0.05, 0) is 30.3 Å². The molecule has 0 saturated heterocycles. The van der Waals surface area contributed by atoms with Crippen LogP contribution in [0.25, 0.3) is 0 Å². The number of ether oxygens (including phenoxy) is 1. The number of benzene rings is 2. The number of alkyl halides is 3. The molecule has 10 heteroatoms. The van der Waals surface area contributed by atoms with E-state index in [0.29, 0.717) is 0 Å². The monoisotopic (exact) mass is 388 g/mol. The summed E-state index contributed by atoms with van der Waals surface area (Å²) in [6.45, 7) is -0.0891. The summed E-state index contributed by atoms with van der Waals surface area (Å²) >= 11 is 5.66. The fourth-order valence-electron chi connectivity index (χ4n) is 1.99. The van der Waals surface area contributed by atoms with Gasteiger partial charge in [0.1, 0.15) is 17.4 Å². The van der Waals surface area contributed by atoms with Crippen molar-refractivity contribution in [3.05, 3.63) is 68.7 Å². The average Bonchev–Trinajstić information content (AvgIpc) is 2.58. The third-order valence-corrected chi connectivity index (χ3v) is 3.54. The van der Waals surface area contributed by atoms with Crippen LogP contribution in [-0.2, 0) is 6.18 Å². The van der Waals surface area contributed by atoms with E-state index in [4.69, 9.17) is 16.3 Å². The first kappa shape index (κ1) is 19.5. The van der Waals surface area contributed by atoms with Crippen LogP contribution in [0.1, 0.15) is 15.9 Å². The third kappa shape index (κ3) is 5.09. The average molecular weight is 389 g/mol. The van der Waals surface area contributed by atoms with E-state index in [1.54, 1.807) is 0 Å². The molecule has 2 aromatic carbocycles. The van der Waals surface area contributed by atoms with Gasteiger partial charge in [-0.15, -0.1) is 0 Å². The minimum Gasteiger partial charge on any atom is -0.492 e. The van der Waals surface area contributed by atoms with Gasteiger partial charge in [-0.1, -0.05) is 17.7 Å². The molecule has 26 heavy (non-hydrogen) atoms. The number of hydrogen-bond acceptors (Lipinski definition) is 4. The number of carbonyl (C=O) groups excluding carboxylic acids is 1. The molecule has 0 saturated carbocycles. The number of nitrogens with one attached hydrogen (secondary N) is 1. The van der Waals surface area contributed by atoms with Crippen LogP contribution in [0.3, 0.4) is 0 Å². The molecular weight excluding hydrogens is 377 g/mol. The van der Waals surface area contributed by atoms with E-state index in [1.165, 1.54) is 24.3 Å². The molecule has 1 amide bonds. The molecule has 0 spiro atoms. The molecule has 0 fully saturated rings. The third-order valence-electron chi connectivity index (χ3n) is 3.22. The van der Waals surface area contributed by atoms with Crippen LogP contribution in [0, 0.1) is 10.1 Å². The Morgan fingerprint density at radius 1 is 1.23 bits per heavy atom. The topological polar surface area (TPSA) is 81.5 Å². The molecule has 0 heterocycles. The van der Waals surface area contributed by atoms with Crippen LogP contribution in [-0.4, -0.2) is 24.0 Å². The molecule has 0 aromatic heterocycles. The smallest absolute Gasteiger partial charge is 0.416 e. The number of carbonyl (C=O) groups is 1. The van der Waals surface area contributed by atoms with E-state index in [-0.39, 0.29) is 29.5 Å². The van der Waals surface area contributed by atoms with Gasteiger partial charge in [0.25, 0.3) is 11.6 Å². The lowest BCUT2D eigenvalue weighted by Crippen LogP contribution is -2.28. The fraction of sp³-hybridized carbons (Fsp3) is 0.188. The Morgan fingerprint density at radius 3 is 2.62 bits per heavy atom. The van der Waals surface area contributed by atoms with Crippen LogP contribution in [0.2, 0.25) is 5.02 Å². The van der Waals surface area contributed by atoms with Crippen LogP contribution in [0.15, 0.2) is 42.5 Å². The van der Waals surface area contributed by atoms with Crippen LogP contribution >= 0.6 is 11.6 Å². The molecular formula is C16H12ClF3N2O4. The van der Waals surface area contributed by atoms with Crippen LogP contribution in [0.5, 0.6) is 5.75 Å². The standard InChI is InChI=1S/C16H12ClF3N2O4/c17-13-5-4-10(8-14(13)22(24)25)15(23)21-6-7-26-12-3-1-2-11(9-12)16(18,19)20/h1-5,8-9H,6-7H2,(H,21,23). The summed E-state index contributed by atoms with van der Waals surface area (Å²) in [5.41, 5.74) is -1.22. The second-order valence-electron chi connectivity index (χ2n) is 5.05. The number of nitro groups is 1. The second-order valence-corrected chi connectivity index (χ2v) is 5.46. The van der Waals surface area contributed by atoms with Gasteiger partial charge >= 0.3 is 6.18 Å². The predicted molar refractivity (Wildman–Crippen MR) is 87.4 cm³/mol. The fourth-order valence-corrected chi connectivity index (χ4v) is 2.18. The lowest BCUT2D eigenvalue weighted by Gasteiger charge is -2.11. The number of rotatable bonds is 6. The van der Waals surface area contributed by atoms with Crippen molar-refractivity contribution in [2.45, 2.75) is 6.18 Å². The zero-order valence-corrected chi connectivity index (χ0v) is 13.8. The maximum Gasteiger partial charge on any atom is 0.416 e. The molecule has 0 bridgehead atoms. The summed E-state index contributed by atoms with van der Waals surface area (Å²) in [6, 6.07) is 7.92. The van der Waals surface area contributed by atoms with Crippen LogP contribution < -0.4 is 10.1 Å². The van der Waals surface area contributed by atoms with Crippen molar-refractivity contribution >= 4 is 23.2 Å². The van der Waals surface area contributed by atoms with Gasteiger partial charge in [0.05, 0.1) is 17.0 Å². The Hall–Kier alpha value is -2.81. The van der Waals surface area contributed by atoms with E-state index in [2.05, 4.69) is 5.32 Å². The Bertz CT molecular complexity index is 827. The first-order valence-corrected chi connectivity index (χ1v) is 7.58. The molecule has 0 radical (unpaired) electrons. The highest BCUT2D eigenvalue weighted by Crippen LogP contribution is 2.31. The van der Waals surface area contributed by atoms with Crippen molar-refractivity contribution in [1.82, 2.24) is 5.32 Å². The summed E-state index contributed by atoms with van der Waals surface area (Å²) < 4.78 is 43.0. The zero-order chi connectivity index (χ0) is 19.3. The van der Waals surface area contributed by atoms with E-state index in [1.807, 2.05) is 0 Å². The van der Waals surface area contributed by atoms with E-state index in [0.717, 1.165) is 18.2 Å². The molecule has 0 aliphatic rings. The van der Waals surface area contributed by atoms with E-state index in [9.17, 15) is 28.1 Å². The lowest BCUT2D eigenvalue weighted by atomic mass is 10.2. The van der Waals surface area contributed by atoms with Gasteiger partial charge < -0.3 is 10.1 Å². The van der Waals surface area contributed by atoms with Gasteiger partial charge in [-0.25, -0.2) is 0 Å². The summed E-state index contributed by atoms with van der Waals surface area (Å²) in [7, 11) is 0. The summed E-state index contributed by atoms with van der Waals surface area (Å²) in [4.78, 5) is 22.0. The van der Waals surface area contributed by atoms with Gasteiger partial charge in [0, 0.05) is 11.6 Å². The number of hydrogen-bond donors (Lipinski definition) is 1. The molecule has 0 aliphatic carbocycles. The number of nitro benzene ring substituents is 1. The number of halogens is 4. The summed E-state index contributed by atoms with van der Waals surface area (Å²) in [6.07, 6.45) is -4.48. The molecule has 0 atom stereocenters. The van der Waals surface area contributed by atoms with Crippen molar-refractivity contribution in [3.63, 3.8) is 0 Å². The Balaban J connectivity index is 1.90. The van der Waals surface area contributed by atoms with Crippen molar-refractivity contribution in [1.29, 1.82) is 0 Å². The van der Waals surface area contributed by atoms with Crippen molar-refractivity contribution < 1.29 is 27.6 Å². The Morgan fingerprint density at radius 2 is 1.96 bits per heavy atom. The molecule has 6 nitrogen and oxygen atoms in total. The van der Waals surface area contributed by atoms with Crippen molar-refractivity contribution in [3.8, 4) is 5.75 Å². The lowest BCUT2D eigenvalue weighted by molar-refractivity contribution is -0.384.